The van der Waals surface area contributed by atoms with Crippen LogP contribution in [0, 0.1) is 11.8 Å². The van der Waals surface area contributed by atoms with Crippen molar-refractivity contribution in [1.82, 2.24) is 5.43 Å². The van der Waals surface area contributed by atoms with E-state index >= 15 is 0 Å². The number of allylic oxidation sites excluding steroid dienone is 2. The zero-order chi connectivity index (χ0) is 21.0. The molecule has 3 aromatic rings. The Morgan fingerprint density at radius 1 is 0.968 bits per heavy atom. The fourth-order valence-electron chi connectivity index (χ4n) is 4.21. The molecule has 1 amide bonds. The van der Waals surface area contributed by atoms with Crippen molar-refractivity contribution in [2.24, 2.45) is 16.9 Å². The quantitative estimate of drug-likeness (QED) is 0.425. The molecule has 4 heteroatoms. The number of ether oxygens (including phenoxy) is 1. The van der Waals surface area contributed by atoms with Gasteiger partial charge in [-0.2, -0.15) is 5.10 Å². The maximum absolute atomic E-state index is 12.4. The fraction of sp³-hybridized carbons (Fsp3) is 0.185. The number of carbonyl (C=O) groups is 1. The summed E-state index contributed by atoms with van der Waals surface area (Å²) >= 11 is 0. The first kappa shape index (κ1) is 19.3. The molecule has 0 unspecified atom stereocenters. The van der Waals surface area contributed by atoms with Gasteiger partial charge in [-0.15, -0.1) is 0 Å². The van der Waals surface area contributed by atoms with E-state index in [0.29, 0.717) is 24.0 Å². The highest BCUT2D eigenvalue weighted by molar-refractivity contribution is 5.98. The van der Waals surface area contributed by atoms with Gasteiger partial charge >= 0.3 is 0 Å². The number of hydrogen-bond acceptors (Lipinski definition) is 3. The number of nitrogens with one attached hydrogen (secondary N) is 1. The van der Waals surface area contributed by atoms with Gasteiger partial charge in [0.05, 0.1) is 0 Å². The Bertz CT molecular complexity index is 1130. The van der Waals surface area contributed by atoms with Crippen molar-refractivity contribution >= 4 is 11.6 Å². The van der Waals surface area contributed by atoms with E-state index in [1.165, 1.54) is 0 Å². The Morgan fingerprint density at radius 2 is 1.74 bits per heavy atom. The molecule has 4 nitrogen and oxygen atoms in total. The van der Waals surface area contributed by atoms with Crippen LogP contribution in [0.3, 0.4) is 0 Å². The Labute approximate surface area is 182 Å². The molecular weight excluding hydrogens is 384 g/mol. The zero-order valence-corrected chi connectivity index (χ0v) is 17.2. The van der Waals surface area contributed by atoms with E-state index in [2.05, 4.69) is 40.9 Å². The molecule has 2 atom stereocenters. The Morgan fingerprint density at radius 3 is 2.55 bits per heavy atom. The lowest BCUT2D eigenvalue weighted by atomic mass is 9.74. The maximum atomic E-state index is 12.4. The minimum absolute atomic E-state index is 0.177. The van der Waals surface area contributed by atoms with Gasteiger partial charge in [-0.1, -0.05) is 72.8 Å². The second-order valence-corrected chi connectivity index (χ2v) is 8.03. The number of benzene rings is 3. The van der Waals surface area contributed by atoms with Crippen molar-refractivity contribution in [2.75, 3.05) is 0 Å². The van der Waals surface area contributed by atoms with Crippen LogP contribution in [0.1, 0.15) is 28.8 Å². The van der Waals surface area contributed by atoms with Gasteiger partial charge in [-0.3, -0.25) is 4.79 Å². The topological polar surface area (TPSA) is 50.7 Å². The molecule has 0 saturated heterocycles. The lowest BCUT2D eigenvalue weighted by Crippen LogP contribution is -2.35. The van der Waals surface area contributed by atoms with Gasteiger partial charge in [-0.25, -0.2) is 5.43 Å². The van der Waals surface area contributed by atoms with Gasteiger partial charge in [0.25, 0.3) is 5.91 Å². The van der Waals surface area contributed by atoms with Crippen molar-refractivity contribution in [1.29, 1.82) is 0 Å². The molecular formula is C27H24N2O2. The third kappa shape index (κ3) is 4.15. The summed E-state index contributed by atoms with van der Waals surface area (Å²) in [5.41, 5.74) is 7.60. The van der Waals surface area contributed by atoms with E-state index in [1.807, 2.05) is 60.7 Å². The average Bonchev–Trinajstić information content (AvgIpc) is 3.19. The van der Waals surface area contributed by atoms with E-state index < -0.39 is 0 Å². The van der Waals surface area contributed by atoms with Crippen molar-refractivity contribution in [3.63, 3.8) is 0 Å². The van der Waals surface area contributed by atoms with Gasteiger partial charge in [0.15, 0.2) is 0 Å². The molecule has 0 heterocycles. The number of fused-ring (bicyclic) bond motifs is 1. The Balaban J connectivity index is 1.20. The fourth-order valence-corrected chi connectivity index (χ4v) is 4.21. The number of amides is 1. The van der Waals surface area contributed by atoms with Gasteiger partial charge in [0.1, 0.15) is 12.4 Å². The first-order chi connectivity index (χ1) is 15.3. The third-order valence-electron chi connectivity index (χ3n) is 6.05. The van der Waals surface area contributed by atoms with Crippen molar-refractivity contribution in [3.05, 3.63) is 102 Å². The second kappa shape index (κ2) is 8.60. The largest absolute Gasteiger partial charge is 0.488 e. The van der Waals surface area contributed by atoms with Gasteiger partial charge in [0.2, 0.25) is 0 Å². The van der Waals surface area contributed by atoms with E-state index in [1.54, 1.807) is 0 Å². The van der Waals surface area contributed by atoms with Crippen LogP contribution in [0.2, 0.25) is 0 Å². The highest BCUT2D eigenvalue weighted by atomic mass is 16.5. The Kier molecular flexibility index (Phi) is 5.36. The van der Waals surface area contributed by atoms with Crippen LogP contribution in [-0.4, -0.2) is 11.6 Å². The molecule has 154 valence electrons. The molecule has 0 radical (unpaired) electrons. The minimum atomic E-state index is -0.177. The Hall–Kier alpha value is -3.66. The summed E-state index contributed by atoms with van der Waals surface area (Å²) < 4.78 is 6.09. The number of para-hydroxylation sites is 1. The first-order valence-corrected chi connectivity index (χ1v) is 10.7. The van der Waals surface area contributed by atoms with Crippen LogP contribution in [0.4, 0.5) is 0 Å². The van der Waals surface area contributed by atoms with E-state index in [0.717, 1.165) is 41.0 Å². The number of nitrogens with zero attached hydrogens (tertiary/aromatic N) is 1. The summed E-state index contributed by atoms with van der Waals surface area (Å²) in [6.45, 7) is 0.435. The molecule has 3 aromatic carbocycles. The number of hydrazone groups is 1. The average molecular weight is 409 g/mol. The van der Waals surface area contributed by atoms with Crippen molar-refractivity contribution in [3.8, 4) is 16.9 Å². The van der Waals surface area contributed by atoms with Crippen LogP contribution in [0.15, 0.2) is 96.1 Å². The summed E-state index contributed by atoms with van der Waals surface area (Å²) in [5, 5.41) is 4.34. The van der Waals surface area contributed by atoms with Crippen LogP contribution in [-0.2, 0) is 6.61 Å². The predicted molar refractivity (Wildman–Crippen MR) is 123 cm³/mol. The monoisotopic (exact) mass is 408 g/mol. The van der Waals surface area contributed by atoms with Crippen LogP contribution >= 0.6 is 0 Å². The molecule has 1 N–H and O–H groups in total. The predicted octanol–water partition coefficient (Wildman–Crippen LogP) is 5.61. The molecule has 0 bridgehead atoms. The van der Waals surface area contributed by atoms with Crippen LogP contribution in [0.5, 0.6) is 5.75 Å². The van der Waals surface area contributed by atoms with Crippen molar-refractivity contribution in [2.45, 2.75) is 19.4 Å². The number of hydrogen-bond donors (Lipinski definition) is 1. The van der Waals surface area contributed by atoms with Gasteiger partial charge < -0.3 is 4.74 Å². The summed E-state index contributed by atoms with van der Waals surface area (Å²) in [6, 6.07) is 25.7. The lowest BCUT2D eigenvalue weighted by Gasteiger charge is -2.31. The molecule has 0 spiro atoms. The van der Waals surface area contributed by atoms with E-state index in [4.69, 9.17) is 4.74 Å². The third-order valence-corrected chi connectivity index (χ3v) is 6.05. The normalized spacial score (nSPS) is 20.2. The summed E-state index contributed by atoms with van der Waals surface area (Å²) in [4.78, 5) is 12.4. The molecule has 5 rings (SSSR count). The molecule has 0 aromatic heterocycles. The van der Waals surface area contributed by atoms with E-state index in [-0.39, 0.29) is 5.91 Å². The smallest absolute Gasteiger partial charge is 0.271 e. The molecule has 2 aliphatic carbocycles. The highest BCUT2D eigenvalue weighted by Crippen LogP contribution is 2.40. The number of carbonyl (C=O) groups excluding carboxylic acids is 1. The minimum Gasteiger partial charge on any atom is -0.488 e. The van der Waals surface area contributed by atoms with Gasteiger partial charge in [0, 0.05) is 22.8 Å². The van der Waals surface area contributed by atoms with Gasteiger partial charge in [-0.05, 0) is 48.1 Å². The lowest BCUT2D eigenvalue weighted by molar-refractivity contribution is 0.0954. The van der Waals surface area contributed by atoms with Crippen LogP contribution < -0.4 is 10.2 Å². The number of rotatable bonds is 6. The molecule has 1 saturated carbocycles. The first-order valence-electron chi connectivity index (χ1n) is 10.7. The zero-order valence-electron chi connectivity index (χ0n) is 17.2. The summed E-state index contributed by atoms with van der Waals surface area (Å²) in [7, 11) is 0. The summed E-state index contributed by atoms with van der Waals surface area (Å²) in [6.07, 6.45) is 6.47. The highest BCUT2D eigenvalue weighted by Gasteiger charge is 2.38. The summed E-state index contributed by atoms with van der Waals surface area (Å²) in [5.74, 6) is 1.79. The van der Waals surface area contributed by atoms with Crippen LogP contribution in [0.25, 0.3) is 11.1 Å². The maximum Gasteiger partial charge on any atom is 0.271 e. The molecule has 31 heavy (non-hydrogen) atoms. The SMILES string of the molecule is O=C(N/N=C1/C[C@H]2C=CC[C@H]12)c1ccc(COc2ccccc2-c2ccccc2)cc1. The molecule has 0 aliphatic heterocycles. The standard InChI is InChI=1S/C27H24N2O2/c30-27(29-28-25-17-22-9-6-11-23(22)25)21-15-13-19(14-16-21)18-31-26-12-5-4-10-24(26)20-7-2-1-3-8-20/h1-10,12-16,22-23H,11,17-18H2,(H,29,30)/b28-25-/t22-,23+/m1/s1. The van der Waals surface area contributed by atoms with Crippen molar-refractivity contribution < 1.29 is 9.53 Å². The second-order valence-electron chi connectivity index (χ2n) is 8.03. The molecule has 2 aliphatic rings. The molecule has 1 fully saturated rings. The van der Waals surface area contributed by atoms with E-state index in [9.17, 15) is 4.79 Å².